The van der Waals surface area contributed by atoms with E-state index < -0.39 is 0 Å². The Morgan fingerprint density at radius 1 is 1.47 bits per heavy atom. The van der Waals surface area contributed by atoms with Gasteiger partial charge in [-0.2, -0.15) is 0 Å². The predicted octanol–water partition coefficient (Wildman–Crippen LogP) is 2.27. The van der Waals surface area contributed by atoms with Crippen LogP contribution in [0.5, 0.6) is 5.75 Å². The van der Waals surface area contributed by atoms with Crippen LogP contribution in [-0.2, 0) is 16.0 Å². The maximum Gasteiger partial charge on any atom is 0.310 e. The highest BCUT2D eigenvalue weighted by Crippen LogP contribution is 2.30. The zero-order valence-electron chi connectivity index (χ0n) is 9.66. The Bertz CT molecular complexity index is 429. The van der Waals surface area contributed by atoms with Crippen molar-refractivity contribution in [1.82, 2.24) is 0 Å². The fourth-order valence-electron chi connectivity index (χ4n) is 1.47. The molecule has 17 heavy (non-hydrogen) atoms. The van der Waals surface area contributed by atoms with Gasteiger partial charge in [0.05, 0.1) is 25.2 Å². The minimum atomic E-state index is -0.384. The molecule has 0 fully saturated rings. The largest absolute Gasteiger partial charge is 0.495 e. The molecule has 0 amide bonds. The lowest BCUT2D eigenvalue weighted by Gasteiger charge is -2.10. The number of carbonyl (C=O) groups excluding carboxylic acids is 2. The minimum Gasteiger partial charge on any atom is -0.495 e. The molecule has 5 heteroatoms. The second-order valence-electron chi connectivity index (χ2n) is 3.29. The molecule has 0 aromatic heterocycles. The summed E-state index contributed by atoms with van der Waals surface area (Å²) < 4.78 is 9.93. The Balaban J connectivity index is 3.06. The summed E-state index contributed by atoms with van der Waals surface area (Å²) in [5, 5.41) is 0.302. The van der Waals surface area contributed by atoms with E-state index in [1.165, 1.54) is 13.2 Å². The molecule has 0 aliphatic rings. The van der Waals surface area contributed by atoms with Crippen LogP contribution < -0.4 is 4.74 Å². The molecule has 1 aromatic rings. The van der Waals surface area contributed by atoms with E-state index in [0.29, 0.717) is 34.8 Å². The summed E-state index contributed by atoms with van der Waals surface area (Å²) in [4.78, 5) is 22.1. The molecule has 0 radical (unpaired) electrons. The Kier molecular flexibility index (Phi) is 4.97. The quantitative estimate of drug-likeness (QED) is 0.599. The van der Waals surface area contributed by atoms with Crippen molar-refractivity contribution in [1.29, 1.82) is 0 Å². The summed E-state index contributed by atoms with van der Waals surface area (Å²) in [6, 6.07) is 3.05. The van der Waals surface area contributed by atoms with Gasteiger partial charge in [-0.25, -0.2) is 0 Å². The molecule has 0 unspecified atom stereocenters. The number of methoxy groups -OCH3 is 1. The van der Waals surface area contributed by atoms with Gasteiger partial charge in [-0.15, -0.1) is 0 Å². The molecule has 1 rings (SSSR count). The summed E-state index contributed by atoms with van der Waals surface area (Å²) in [5.74, 6) is 0.00948. The summed E-state index contributed by atoms with van der Waals surface area (Å²) >= 11 is 5.94. The molecule has 0 aliphatic carbocycles. The van der Waals surface area contributed by atoms with Crippen molar-refractivity contribution < 1.29 is 19.1 Å². The predicted molar refractivity (Wildman–Crippen MR) is 63.7 cm³/mol. The average Bonchev–Trinajstić information content (AvgIpc) is 2.28. The maximum absolute atomic E-state index is 11.4. The van der Waals surface area contributed by atoms with Crippen LogP contribution in [0.1, 0.15) is 22.8 Å². The lowest BCUT2D eigenvalue weighted by atomic mass is 10.1. The third-order valence-electron chi connectivity index (χ3n) is 2.12. The minimum absolute atomic E-state index is 0.0262. The molecule has 4 nitrogen and oxygen atoms in total. The van der Waals surface area contributed by atoms with Crippen LogP contribution in [-0.4, -0.2) is 26.0 Å². The highest BCUT2D eigenvalue weighted by Gasteiger charge is 2.14. The van der Waals surface area contributed by atoms with Gasteiger partial charge in [0.15, 0.2) is 0 Å². The molecule has 0 saturated heterocycles. The van der Waals surface area contributed by atoms with Gasteiger partial charge in [0.2, 0.25) is 0 Å². The molecule has 0 N–H and O–H groups in total. The normalized spacial score (nSPS) is 9.82. The van der Waals surface area contributed by atoms with E-state index in [2.05, 4.69) is 0 Å². The SMILES string of the molecule is CCOC(=O)Cc1cc(C=O)cc(Cl)c1OC. The summed E-state index contributed by atoms with van der Waals surface area (Å²) in [6.07, 6.45) is 0.693. The van der Waals surface area contributed by atoms with Crippen LogP contribution in [0.15, 0.2) is 12.1 Å². The van der Waals surface area contributed by atoms with Gasteiger partial charge in [-0.3, -0.25) is 9.59 Å². The van der Waals surface area contributed by atoms with E-state index in [1.54, 1.807) is 13.0 Å². The van der Waals surface area contributed by atoms with Gasteiger partial charge >= 0.3 is 5.97 Å². The number of hydrogen-bond acceptors (Lipinski definition) is 4. The van der Waals surface area contributed by atoms with Crippen molar-refractivity contribution in [2.24, 2.45) is 0 Å². The summed E-state index contributed by atoms with van der Waals surface area (Å²) in [5.41, 5.74) is 0.940. The van der Waals surface area contributed by atoms with E-state index in [9.17, 15) is 9.59 Å². The highest BCUT2D eigenvalue weighted by atomic mass is 35.5. The Labute approximate surface area is 104 Å². The van der Waals surface area contributed by atoms with Crippen LogP contribution in [0.3, 0.4) is 0 Å². The van der Waals surface area contributed by atoms with Gasteiger partial charge in [0, 0.05) is 11.1 Å². The van der Waals surface area contributed by atoms with Crippen molar-refractivity contribution in [3.8, 4) is 5.75 Å². The molecule has 0 saturated carbocycles. The number of esters is 1. The molecular formula is C12H13ClO4. The third-order valence-corrected chi connectivity index (χ3v) is 2.40. The topological polar surface area (TPSA) is 52.6 Å². The van der Waals surface area contributed by atoms with E-state index in [4.69, 9.17) is 21.1 Å². The highest BCUT2D eigenvalue weighted by molar-refractivity contribution is 6.32. The van der Waals surface area contributed by atoms with Gasteiger partial charge in [0.25, 0.3) is 0 Å². The van der Waals surface area contributed by atoms with Crippen molar-refractivity contribution in [3.05, 3.63) is 28.3 Å². The fraction of sp³-hybridized carbons (Fsp3) is 0.333. The second kappa shape index (κ2) is 6.25. The van der Waals surface area contributed by atoms with Crippen molar-refractivity contribution in [2.75, 3.05) is 13.7 Å². The summed E-state index contributed by atoms with van der Waals surface area (Å²) in [6.45, 7) is 2.03. The zero-order chi connectivity index (χ0) is 12.8. The first kappa shape index (κ1) is 13.5. The van der Waals surface area contributed by atoms with Crippen molar-refractivity contribution in [3.63, 3.8) is 0 Å². The van der Waals surface area contributed by atoms with Crippen molar-refractivity contribution in [2.45, 2.75) is 13.3 Å². The lowest BCUT2D eigenvalue weighted by Crippen LogP contribution is -2.09. The summed E-state index contributed by atoms with van der Waals surface area (Å²) in [7, 11) is 1.45. The second-order valence-corrected chi connectivity index (χ2v) is 3.70. The molecule has 0 spiro atoms. The van der Waals surface area contributed by atoms with Crippen LogP contribution in [0, 0.1) is 0 Å². The van der Waals surface area contributed by atoms with E-state index in [-0.39, 0.29) is 12.4 Å². The van der Waals surface area contributed by atoms with Gasteiger partial charge in [-0.05, 0) is 19.1 Å². The number of ether oxygens (including phenoxy) is 2. The number of rotatable bonds is 5. The van der Waals surface area contributed by atoms with Crippen LogP contribution in [0.2, 0.25) is 5.02 Å². The molecule has 0 bridgehead atoms. The maximum atomic E-state index is 11.4. The van der Waals surface area contributed by atoms with Crippen molar-refractivity contribution >= 4 is 23.9 Å². The monoisotopic (exact) mass is 256 g/mol. The molecule has 1 aromatic carbocycles. The molecule has 0 aliphatic heterocycles. The first-order chi connectivity index (χ1) is 8.12. The first-order valence-electron chi connectivity index (χ1n) is 5.09. The van der Waals surface area contributed by atoms with Gasteiger partial charge < -0.3 is 9.47 Å². The lowest BCUT2D eigenvalue weighted by molar-refractivity contribution is -0.142. The molecule has 92 valence electrons. The smallest absolute Gasteiger partial charge is 0.310 e. The molecule has 0 atom stereocenters. The number of benzene rings is 1. The van der Waals surface area contributed by atoms with Crippen LogP contribution in [0.4, 0.5) is 0 Å². The van der Waals surface area contributed by atoms with E-state index in [0.717, 1.165) is 0 Å². The Morgan fingerprint density at radius 3 is 2.71 bits per heavy atom. The van der Waals surface area contributed by atoms with E-state index in [1.807, 2.05) is 0 Å². The van der Waals surface area contributed by atoms with Crippen LogP contribution >= 0.6 is 11.6 Å². The number of carbonyl (C=O) groups is 2. The molecular weight excluding hydrogens is 244 g/mol. The third kappa shape index (κ3) is 3.46. The average molecular weight is 257 g/mol. The number of halogens is 1. The first-order valence-corrected chi connectivity index (χ1v) is 5.47. The van der Waals surface area contributed by atoms with Gasteiger partial charge in [0.1, 0.15) is 12.0 Å². The molecule has 0 heterocycles. The Hall–Kier alpha value is -1.55. The van der Waals surface area contributed by atoms with Crippen LogP contribution in [0.25, 0.3) is 0 Å². The number of aldehydes is 1. The Morgan fingerprint density at radius 2 is 2.18 bits per heavy atom. The van der Waals surface area contributed by atoms with E-state index >= 15 is 0 Å². The fourth-order valence-corrected chi connectivity index (χ4v) is 1.79. The zero-order valence-corrected chi connectivity index (χ0v) is 10.4. The number of hydrogen-bond donors (Lipinski definition) is 0. The van der Waals surface area contributed by atoms with Gasteiger partial charge in [-0.1, -0.05) is 11.6 Å². The standard InChI is InChI=1S/C12H13ClO4/c1-3-17-11(15)6-9-4-8(7-14)5-10(13)12(9)16-2/h4-5,7H,3,6H2,1-2H3.